The predicted octanol–water partition coefficient (Wildman–Crippen LogP) is 3.57. The molecule has 0 aromatic heterocycles. The van der Waals surface area contributed by atoms with Gasteiger partial charge < -0.3 is 9.47 Å². The van der Waals surface area contributed by atoms with Crippen LogP contribution >= 0.6 is 7.26 Å². The molecule has 1 saturated heterocycles. The van der Waals surface area contributed by atoms with Crippen molar-refractivity contribution in [3.8, 4) is 0 Å². The van der Waals surface area contributed by atoms with Crippen LogP contribution in [0.25, 0.3) is 0 Å². The molecule has 2 aliphatic rings. The topological polar surface area (TPSA) is 18.5 Å². The van der Waals surface area contributed by atoms with E-state index in [4.69, 9.17) is 9.47 Å². The van der Waals surface area contributed by atoms with Gasteiger partial charge in [-0.05, 0) is 37.1 Å². The highest BCUT2D eigenvalue weighted by molar-refractivity contribution is 7.86. The lowest BCUT2D eigenvalue weighted by Gasteiger charge is -2.27. The van der Waals surface area contributed by atoms with Gasteiger partial charge in [-0.1, -0.05) is 24.3 Å². The van der Waals surface area contributed by atoms with E-state index in [1.54, 1.807) is 0 Å². The molecular formula is C17H22O2P+. The molecule has 1 heterocycles. The van der Waals surface area contributed by atoms with Crippen LogP contribution in [0.5, 0.6) is 0 Å². The Hall–Kier alpha value is -0.950. The van der Waals surface area contributed by atoms with E-state index >= 15 is 0 Å². The average molecular weight is 289 g/mol. The predicted molar refractivity (Wildman–Crippen MR) is 85.9 cm³/mol. The monoisotopic (exact) mass is 289 g/mol. The van der Waals surface area contributed by atoms with Gasteiger partial charge in [0.1, 0.15) is 6.16 Å². The zero-order valence-corrected chi connectivity index (χ0v) is 12.9. The number of rotatable bonds is 4. The summed E-state index contributed by atoms with van der Waals surface area (Å²) in [5.74, 6) is 0. The first-order valence-corrected chi connectivity index (χ1v) is 9.73. The SMILES string of the molecule is C[P+](CC1OCCO1)(C1=CCCC=C1)c1ccccc1. The summed E-state index contributed by atoms with van der Waals surface area (Å²) in [6.45, 7) is 3.87. The Labute approximate surface area is 121 Å². The zero-order valence-electron chi connectivity index (χ0n) is 12.0. The van der Waals surface area contributed by atoms with Crippen molar-refractivity contribution >= 4 is 12.6 Å². The summed E-state index contributed by atoms with van der Waals surface area (Å²) in [6.07, 6.45) is 10.3. The highest BCUT2D eigenvalue weighted by Gasteiger charge is 2.42. The summed E-state index contributed by atoms with van der Waals surface area (Å²) in [5.41, 5.74) is 0. The van der Waals surface area contributed by atoms with Crippen molar-refractivity contribution in [3.05, 3.63) is 53.9 Å². The van der Waals surface area contributed by atoms with Gasteiger partial charge in [0.2, 0.25) is 0 Å². The minimum atomic E-state index is -1.42. The van der Waals surface area contributed by atoms with Crippen molar-refractivity contribution < 1.29 is 9.47 Å². The summed E-state index contributed by atoms with van der Waals surface area (Å²) in [5, 5.41) is 2.94. The molecule has 1 aliphatic carbocycles. The van der Waals surface area contributed by atoms with Gasteiger partial charge in [-0.15, -0.1) is 0 Å². The summed E-state index contributed by atoms with van der Waals surface area (Å²) in [7, 11) is -1.42. The molecule has 0 spiro atoms. The Morgan fingerprint density at radius 2 is 1.85 bits per heavy atom. The van der Waals surface area contributed by atoms with Crippen molar-refractivity contribution in [2.45, 2.75) is 19.1 Å². The van der Waals surface area contributed by atoms with Crippen LogP contribution in [0, 0.1) is 0 Å². The Balaban J connectivity index is 1.93. The van der Waals surface area contributed by atoms with Crippen molar-refractivity contribution in [1.82, 2.24) is 0 Å². The van der Waals surface area contributed by atoms with Gasteiger partial charge in [0.15, 0.2) is 6.29 Å². The van der Waals surface area contributed by atoms with E-state index in [1.807, 2.05) is 0 Å². The molecule has 1 atom stereocenters. The maximum absolute atomic E-state index is 5.72. The smallest absolute Gasteiger partial charge is 0.192 e. The maximum atomic E-state index is 5.72. The maximum Gasteiger partial charge on any atom is 0.192 e. The molecule has 20 heavy (non-hydrogen) atoms. The van der Waals surface area contributed by atoms with Gasteiger partial charge in [0, 0.05) is 0 Å². The van der Waals surface area contributed by atoms with Crippen LogP contribution in [0.2, 0.25) is 0 Å². The molecule has 0 saturated carbocycles. The number of ether oxygens (including phenoxy) is 2. The summed E-state index contributed by atoms with van der Waals surface area (Å²) in [4.78, 5) is 0. The Morgan fingerprint density at radius 1 is 1.10 bits per heavy atom. The molecule has 0 radical (unpaired) electrons. The van der Waals surface area contributed by atoms with Crippen LogP contribution in [-0.2, 0) is 9.47 Å². The van der Waals surface area contributed by atoms with Crippen LogP contribution in [0.1, 0.15) is 12.8 Å². The molecule has 0 bridgehead atoms. The molecular weight excluding hydrogens is 267 g/mol. The third kappa shape index (κ3) is 2.88. The lowest BCUT2D eigenvalue weighted by Crippen LogP contribution is -2.24. The van der Waals surface area contributed by atoms with Gasteiger partial charge in [0.25, 0.3) is 0 Å². The average Bonchev–Trinajstić information content (AvgIpc) is 3.02. The fraction of sp³-hybridized carbons (Fsp3) is 0.412. The van der Waals surface area contributed by atoms with E-state index < -0.39 is 7.26 Å². The van der Waals surface area contributed by atoms with Crippen LogP contribution in [-0.4, -0.2) is 32.3 Å². The standard InChI is InChI=1S/C17H22O2P/c1-20(14-17-18-12-13-19-17,15-8-4-2-5-9-15)16-10-6-3-7-11-16/h2,4-6,8-11,17H,3,7,12-14H2,1H3/q+1. The molecule has 1 fully saturated rings. The minimum Gasteiger partial charge on any atom is -0.347 e. The van der Waals surface area contributed by atoms with Crippen molar-refractivity contribution in [1.29, 1.82) is 0 Å². The fourth-order valence-electron chi connectivity index (χ4n) is 2.89. The van der Waals surface area contributed by atoms with E-state index in [1.165, 1.54) is 10.6 Å². The van der Waals surface area contributed by atoms with Crippen LogP contribution in [0.15, 0.2) is 53.9 Å². The normalized spacial score (nSPS) is 22.6. The number of benzene rings is 1. The molecule has 3 rings (SSSR count). The van der Waals surface area contributed by atoms with Gasteiger partial charge in [-0.3, -0.25) is 0 Å². The second-order valence-corrected chi connectivity index (χ2v) is 9.27. The zero-order chi connectivity index (χ0) is 13.8. The van der Waals surface area contributed by atoms with Crippen LogP contribution < -0.4 is 5.30 Å². The first kappa shape index (κ1) is 14.0. The third-order valence-corrected chi connectivity index (χ3v) is 8.01. The Bertz CT molecular complexity index is 503. The highest BCUT2D eigenvalue weighted by Crippen LogP contribution is 2.63. The number of hydrogen-bond acceptors (Lipinski definition) is 2. The molecule has 1 aliphatic heterocycles. The quantitative estimate of drug-likeness (QED) is 0.789. The van der Waals surface area contributed by atoms with E-state index in [0.717, 1.165) is 32.2 Å². The van der Waals surface area contributed by atoms with Gasteiger partial charge in [-0.25, -0.2) is 0 Å². The second kappa shape index (κ2) is 6.22. The lowest BCUT2D eigenvalue weighted by molar-refractivity contribution is -0.0224. The molecule has 2 nitrogen and oxygen atoms in total. The number of hydrogen-bond donors (Lipinski definition) is 0. The molecule has 1 unspecified atom stereocenters. The lowest BCUT2D eigenvalue weighted by atomic mass is 10.2. The molecule has 106 valence electrons. The molecule has 1 aromatic carbocycles. The second-order valence-electron chi connectivity index (χ2n) is 5.49. The van der Waals surface area contributed by atoms with E-state index in [0.29, 0.717) is 0 Å². The summed E-state index contributed by atoms with van der Waals surface area (Å²) >= 11 is 0. The summed E-state index contributed by atoms with van der Waals surface area (Å²) < 4.78 is 11.4. The molecule has 1 aromatic rings. The third-order valence-electron chi connectivity index (χ3n) is 4.08. The minimum absolute atomic E-state index is 0.0373. The first-order valence-electron chi connectivity index (χ1n) is 7.31. The van der Waals surface area contributed by atoms with E-state index in [9.17, 15) is 0 Å². The summed E-state index contributed by atoms with van der Waals surface area (Å²) in [6, 6.07) is 10.9. The Kier molecular flexibility index (Phi) is 4.35. The Morgan fingerprint density at radius 3 is 2.50 bits per heavy atom. The van der Waals surface area contributed by atoms with Crippen LogP contribution in [0.3, 0.4) is 0 Å². The van der Waals surface area contributed by atoms with Crippen molar-refractivity contribution in [2.75, 3.05) is 26.0 Å². The van der Waals surface area contributed by atoms with Gasteiger partial charge in [0.05, 0.1) is 37.8 Å². The molecule has 0 amide bonds. The van der Waals surface area contributed by atoms with Crippen LogP contribution in [0.4, 0.5) is 0 Å². The molecule has 0 N–H and O–H groups in total. The van der Waals surface area contributed by atoms with Gasteiger partial charge in [-0.2, -0.15) is 0 Å². The first-order chi connectivity index (χ1) is 9.79. The molecule has 3 heteroatoms. The number of allylic oxidation sites excluding steroid dienone is 4. The van der Waals surface area contributed by atoms with Gasteiger partial charge >= 0.3 is 0 Å². The highest BCUT2D eigenvalue weighted by atomic mass is 31.2. The van der Waals surface area contributed by atoms with Crippen molar-refractivity contribution in [3.63, 3.8) is 0 Å². The fourth-order valence-corrected chi connectivity index (χ4v) is 6.22. The van der Waals surface area contributed by atoms with E-state index in [2.05, 4.69) is 55.2 Å². The van der Waals surface area contributed by atoms with Crippen molar-refractivity contribution in [2.24, 2.45) is 0 Å². The van der Waals surface area contributed by atoms with E-state index in [-0.39, 0.29) is 6.29 Å². The largest absolute Gasteiger partial charge is 0.347 e.